The fraction of sp³-hybridized carbons (Fsp3) is 0.500. The Kier molecular flexibility index (Phi) is 11.6. The summed E-state index contributed by atoms with van der Waals surface area (Å²) in [5, 5.41) is 3.42. The highest BCUT2D eigenvalue weighted by atomic mass is 35.5. The molecule has 2 aliphatic heterocycles. The van der Waals surface area contributed by atoms with Gasteiger partial charge in [0.05, 0.1) is 5.75 Å². The standard InChI is InChI=1S/C30H41ClN6O5S/c1-35-14-16-36(17-15-35)28(38)12-11-26(34-43(41,42)21-22-6-3-2-4-7-22)30(40)37-13-5-8-27(37)29(39)33-20-24-18-25(31)10-9-23(24)19-32/h2-4,6-7,9-10,18,26-27,34H,5,8,11-17,19-21,32H2,1H3,(H,33,39)/t26-,27+/m1/s1. The molecule has 0 spiro atoms. The van der Waals surface area contributed by atoms with Crippen molar-refractivity contribution < 1.29 is 22.8 Å². The number of sulfonamides is 1. The minimum absolute atomic E-state index is 0.00869. The van der Waals surface area contributed by atoms with E-state index in [-0.39, 0.29) is 43.5 Å². The van der Waals surface area contributed by atoms with E-state index in [2.05, 4.69) is 14.9 Å². The van der Waals surface area contributed by atoms with Crippen molar-refractivity contribution in [1.29, 1.82) is 0 Å². The number of rotatable bonds is 12. The van der Waals surface area contributed by atoms with E-state index in [1.54, 1.807) is 47.4 Å². The number of nitrogens with two attached hydrogens (primary N) is 1. The van der Waals surface area contributed by atoms with Gasteiger partial charge in [-0.15, -0.1) is 0 Å². The molecule has 2 aromatic carbocycles. The van der Waals surface area contributed by atoms with Crippen molar-refractivity contribution in [2.24, 2.45) is 5.73 Å². The summed E-state index contributed by atoms with van der Waals surface area (Å²) in [5.74, 6) is -1.28. The van der Waals surface area contributed by atoms with Gasteiger partial charge in [-0.05, 0) is 55.1 Å². The van der Waals surface area contributed by atoms with E-state index in [1.165, 1.54) is 4.90 Å². The van der Waals surface area contributed by atoms with Gasteiger partial charge in [0.25, 0.3) is 0 Å². The van der Waals surface area contributed by atoms with Gasteiger partial charge >= 0.3 is 0 Å². The molecule has 3 amide bonds. The Labute approximate surface area is 258 Å². The first kappa shape index (κ1) is 32.9. The van der Waals surface area contributed by atoms with E-state index in [0.29, 0.717) is 43.1 Å². The fourth-order valence-corrected chi connectivity index (χ4v) is 7.09. The van der Waals surface area contributed by atoms with Crippen LogP contribution in [0.15, 0.2) is 48.5 Å². The summed E-state index contributed by atoms with van der Waals surface area (Å²) in [6, 6.07) is 12.0. The molecule has 43 heavy (non-hydrogen) atoms. The minimum atomic E-state index is -3.94. The second-order valence-electron chi connectivity index (χ2n) is 11.2. The van der Waals surface area contributed by atoms with E-state index in [1.807, 2.05) is 13.1 Å². The average molecular weight is 633 g/mol. The molecule has 0 bridgehead atoms. The van der Waals surface area contributed by atoms with Crippen molar-refractivity contribution in [3.05, 3.63) is 70.2 Å². The van der Waals surface area contributed by atoms with Crippen molar-refractivity contribution in [3.8, 4) is 0 Å². The second kappa shape index (κ2) is 15.1. The fourth-order valence-electron chi connectivity index (χ4n) is 5.53. The highest BCUT2D eigenvalue weighted by molar-refractivity contribution is 7.88. The summed E-state index contributed by atoms with van der Waals surface area (Å²) < 4.78 is 28.9. The van der Waals surface area contributed by atoms with Crippen LogP contribution in [-0.4, -0.2) is 92.7 Å². The Balaban J connectivity index is 1.46. The first-order valence-electron chi connectivity index (χ1n) is 14.6. The van der Waals surface area contributed by atoms with E-state index in [4.69, 9.17) is 17.3 Å². The number of nitrogens with zero attached hydrogens (tertiary/aromatic N) is 3. The van der Waals surface area contributed by atoms with Gasteiger partial charge in [-0.3, -0.25) is 14.4 Å². The number of benzene rings is 2. The molecule has 2 atom stereocenters. The summed E-state index contributed by atoms with van der Waals surface area (Å²) in [6.07, 6.45) is 1.04. The van der Waals surface area contributed by atoms with Crippen molar-refractivity contribution in [1.82, 2.24) is 24.7 Å². The van der Waals surface area contributed by atoms with Gasteiger partial charge in [-0.1, -0.05) is 48.0 Å². The molecule has 0 aromatic heterocycles. The molecule has 0 radical (unpaired) electrons. The van der Waals surface area contributed by atoms with Gasteiger partial charge in [0.15, 0.2) is 0 Å². The largest absolute Gasteiger partial charge is 0.350 e. The van der Waals surface area contributed by atoms with Gasteiger partial charge in [-0.2, -0.15) is 0 Å². The molecule has 0 saturated carbocycles. The molecular formula is C30H41ClN6O5S. The lowest BCUT2D eigenvalue weighted by Crippen LogP contribution is -2.54. The molecule has 2 fully saturated rings. The van der Waals surface area contributed by atoms with E-state index in [9.17, 15) is 22.8 Å². The lowest BCUT2D eigenvalue weighted by molar-refractivity contribution is -0.140. The Morgan fingerprint density at radius 1 is 1.02 bits per heavy atom. The molecular weight excluding hydrogens is 592 g/mol. The van der Waals surface area contributed by atoms with Gasteiger partial charge in [0.1, 0.15) is 12.1 Å². The van der Waals surface area contributed by atoms with Crippen LogP contribution in [0.1, 0.15) is 42.4 Å². The van der Waals surface area contributed by atoms with Gasteiger partial charge in [-0.25, -0.2) is 13.1 Å². The van der Waals surface area contributed by atoms with E-state index < -0.39 is 28.0 Å². The summed E-state index contributed by atoms with van der Waals surface area (Å²) in [6.45, 7) is 3.46. The van der Waals surface area contributed by atoms with Crippen molar-refractivity contribution in [3.63, 3.8) is 0 Å². The maximum atomic E-state index is 13.9. The summed E-state index contributed by atoms with van der Waals surface area (Å²) in [7, 11) is -1.95. The summed E-state index contributed by atoms with van der Waals surface area (Å²) >= 11 is 6.14. The van der Waals surface area contributed by atoms with Gasteiger partial charge < -0.3 is 25.8 Å². The predicted molar refractivity (Wildman–Crippen MR) is 165 cm³/mol. The van der Waals surface area contributed by atoms with Crippen LogP contribution in [0.4, 0.5) is 0 Å². The first-order chi connectivity index (χ1) is 20.6. The molecule has 0 unspecified atom stereocenters. The third-order valence-electron chi connectivity index (χ3n) is 8.00. The van der Waals surface area contributed by atoms with Gasteiger partial charge in [0, 0.05) is 57.3 Å². The van der Waals surface area contributed by atoms with Crippen LogP contribution in [0.25, 0.3) is 0 Å². The molecule has 13 heteroatoms. The quantitative estimate of drug-likeness (QED) is 0.321. The predicted octanol–water partition coefficient (Wildman–Crippen LogP) is 1.45. The van der Waals surface area contributed by atoms with Crippen LogP contribution in [0.2, 0.25) is 5.02 Å². The average Bonchev–Trinajstić information content (AvgIpc) is 3.48. The number of hydrogen-bond acceptors (Lipinski definition) is 7. The summed E-state index contributed by atoms with van der Waals surface area (Å²) in [5.41, 5.74) is 8.04. The number of carbonyl (C=O) groups excluding carboxylic acids is 3. The Hall–Kier alpha value is -3.03. The van der Waals surface area contributed by atoms with E-state index in [0.717, 1.165) is 24.2 Å². The number of piperazine rings is 1. The highest BCUT2D eigenvalue weighted by Crippen LogP contribution is 2.22. The Morgan fingerprint density at radius 2 is 1.74 bits per heavy atom. The van der Waals surface area contributed by atoms with Gasteiger partial charge in [0.2, 0.25) is 27.7 Å². The SMILES string of the molecule is CN1CCN(C(=O)CC[C@@H](NS(=O)(=O)Cc2ccccc2)C(=O)N2CCC[C@H]2C(=O)NCc2cc(Cl)ccc2CN)CC1. The normalized spacial score (nSPS) is 18.4. The van der Waals surface area contributed by atoms with Crippen LogP contribution in [0, 0.1) is 0 Å². The lowest BCUT2D eigenvalue weighted by atomic mass is 10.1. The molecule has 2 saturated heterocycles. The topological polar surface area (TPSA) is 145 Å². The molecule has 4 rings (SSSR count). The number of amides is 3. The maximum Gasteiger partial charge on any atom is 0.243 e. The lowest BCUT2D eigenvalue weighted by Gasteiger charge is -2.33. The van der Waals surface area contributed by atoms with Crippen LogP contribution in [-0.2, 0) is 43.2 Å². The van der Waals surface area contributed by atoms with Crippen molar-refractivity contribution in [2.75, 3.05) is 39.8 Å². The number of nitrogens with one attached hydrogen (secondary N) is 2. The molecule has 11 nitrogen and oxygen atoms in total. The zero-order valence-electron chi connectivity index (χ0n) is 24.5. The molecule has 4 N–H and O–H groups in total. The Morgan fingerprint density at radius 3 is 2.44 bits per heavy atom. The number of halogens is 1. The van der Waals surface area contributed by atoms with E-state index >= 15 is 0 Å². The molecule has 2 heterocycles. The first-order valence-corrected chi connectivity index (χ1v) is 16.6. The monoisotopic (exact) mass is 632 g/mol. The smallest absolute Gasteiger partial charge is 0.243 e. The summed E-state index contributed by atoms with van der Waals surface area (Å²) in [4.78, 5) is 45.5. The Bertz CT molecular complexity index is 1380. The number of likely N-dealkylation sites (tertiary alicyclic amines) is 1. The van der Waals surface area contributed by atoms with Crippen LogP contribution in [0.5, 0.6) is 0 Å². The molecule has 234 valence electrons. The zero-order chi connectivity index (χ0) is 31.0. The third-order valence-corrected chi connectivity index (χ3v) is 9.59. The highest BCUT2D eigenvalue weighted by Gasteiger charge is 2.38. The van der Waals surface area contributed by atoms with Crippen LogP contribution >= 0.6 is 11.6 Å². The number of carbonyl (C=O) groups is 3. The molecule has 2 aromatic rings. The van der Waals surface area contributed by atoms with Crippen LogP contribution in [0.3, 0.4) is 0 Å². The molecule has 0 aliphatic carbocycles. The zero-order valence-corrected chi connectivity index (χ0v) is 26.1. The van der Waals surface area contributed by atoms with Crippen molar-refractivity contribution >= 4 is 39.3 Å². The second-order valence-corrected chi connectivity index (χ2v) is 13.4. The number of likely N-dealkylation sites (N-methyl/N-ethyl adjacent to an activating group) is 1. The van der Waals surface area contributed by atoms with Crippen molar-refractivity contribution in [2.45, 2.75) is 56.6 Å². The van der Waals surface area contributed by atoms with Crippen LogP contribution < -0.4 is 15.8 Å². The minimum Gasteiger partial charge on any atom is -0.350 e. The maximum absolute atomic E-state index is 13.9. The number of hydrogen-bond donors (Lipinski definition) is 3. The third kappa shape index (κ3) is 9.23. The molecule has 2 aliphatic rings.